The average Bonchev–Trinajstić information content (AvgIpc) is 2.55. The van der Waals surface area contributed by atoms with Crippen LogP contribution in [0.1, 0.15) is 6.92 Å². The van der Waals surface area contributed by atoms with Crippen LogP contribution in [-0.4, -0.2) is 27.1 Å². The SMILES string of the molecule is CC(Nc1nc(-c2ccccc2Cl)nc2ccccc12)C(=O)O. The lowest BCUT2D eigenvalue weighted by Gasteiger charge is -2.14. The molecule has 116 valence electrons. The number of aromatic nitrogens is 2. The van der Waals surface area contributed by atoms with E-state index in [1.807, 2.05) is 42.5 Å². The second-order valence-electron chi connectivity index (χ2n) is 5.10. The van der Waals surface area contributed by atoms with Crippen molar-refractivity contribution in [2.24, 2.45) is 0 Å². The number of carboxylic acid groups (broad SMARTS) is 1. The van der Waals surface area contributed by atoms with Gasteiger partial charge in [0.25, 0.3) is 0 Å². The molecule has 0 fully saturated rings. The molecule has 0 saturated heterocycles. The van der Waals surface area contributed by atoms with Gasteiger partial charge in [-0.15, -0.1) is 0 Å². The highest BCUT2D eigenvalue weighted by Crippen LogP contribution is 2.29. The molecule has 0 saturated carbocycles. The standard InChI is InChI=1S/C17H14ClN3O2/c1-10(17(22)23)19-16-12-7-3-5-9-14(12)20-15(21-16)11-6-2-4-8-13(11)18/h2-10H,1H3,(H,22,23)(H,19,20,21). The zero-order valence-corrected chi connectivity index (χ0v) is 13.1. The van der Waals surface area contributed by atoms with Crippen molar-refractivity contribution in [1.82, 2.24) is 9.97 Å². The molecule has 23 heavy (non-hydrogen) atoms. The number of carboxylic acids is 1. The fourth-order valence-electron chi connectivity index (χ4n) is 2.22. The van der Waals surface area contributed by atoms with Crippen LogP contribution < -0.4 is 5.32 Å². The average molecular weight is 328 g/mol. The van der Waals surface area contributed by atoms with Gasteiger partial charge in [0, 0.05) is 10.9 Å². The third-order valence-electron chi connectivity index (χ3n) is 3.44. The Bertz CT molecular complexity index is 883. The Balaban J connectivity index is 2.18. The molecular weight excluding hydrogens is 314 g/mol. The van der Waals surface area contributed by atoms with Crippen LogP contribution in [-0.2, 0) is 4.79 Å². The van der Waals surface area contributed by atoms with Gasteiger partial charge in [-0.1, -0.05) is 35.9 Å². The molecular formula is C17H14ClN3O2. The van der Waals surface area contributed by atoms with Crippen LogP contribution in [0.25, 0.3) is 22.3 Å². The van der Waals surface area contributed by atoms with Gasteiger partial charge in [-0.3, -0.25) is 4.79 Å². The van der Waals surface area contributed by atoms with Gasteiger partial charge >= 0.3 is 5.97 Å². The molecule has 2 N–H and O–H groups in total. The van der Waals surface area contributed by atoms with E-state index in [0.717, 1.165) is 10.9 Å². The molecule has 1 atom stereocenters. The molecule has 1 heterocycles. The number of nitrogens with one attached hydrogen (secondary N) is 1. The van der Waals surface area contributed by atoms with Crippen LogP contribution >= 0.6 is 11.6 Å². The Morgan fingerprint density at radius 1 is 1.13 bits per heavy atom. The van der Waals surface area contributed by atoms with Gasteiger partial charge in [0.1, 0.15) is 11.9 Å². The van der Waals surface area contributed by atoms with Crippen LogP contribution in [0.2, 0.25) is 5.02 Å². The summed E-state index contributed by atoms with van der Waals surface area (Å²) in [5.74, 6) is -0.0261. The summed E-state index contributed by atoms with van der Waals surface area (Å²) in [5, 5.41) is 13.3. The van der Waals surface area contributed by atoms with E-state index in [4.69, 9.17) is 16.7 Å². The second kappa shape index (κ2) is 6.22. The number of benzene rings is 2. The molecule has 2 aromatic carbocycles. The number of anilines is 1. The van der Waals surface area contributed by atoms with Crippen molar-refractivity contribution in [2.45, 2.75) is 13.0 Å². The monoisotopic (exact) mass is 327 g/mol. The first-order valence-corrected chi connectivity index (χ1v) is 7.45. The van der Waals surface area contributed by atoms with E-state index in [0.29, 0.717) is 22.2 Å². The maximum Gasteiger partial charge on any atom is 0.325 e. The van der Waals surface area contributed by atoms with Crippen LogP contribution in [0, 0.1) is 0 Å². The fraction of sp³-hybridized carbons (Fsp3) is 0.118. The quantitative estimate of drug-likeness (QED) is 0.761. The Kier molecular flexibility index (Phi) is 4.12. The third kappa shape index (κ3) is 3.10. The lowest BCUT2D eigenvalue weighted by molar-refractivity contribution is -0.137. The number of hydrogen-bond donors (Lipinski definition) is 2. The molecule has 0 radical (unpaired) electrons. The molecule has 5 nitrogen and oxygen atoms in total. The highest BCUT2D eigenvalue weighted by molar-refractivity contribution is 6.33. The molecule has 3 aromatic rings. The Hall–Kier alpha value is -2.66. The highest BCUT2D eigenvalue weighted by atomic mass is 35.5. The van der Waals surface area contributed by atoms with Gasteiger partial charge < -0.3 is 10.4 Å². The molecule has 0 bridgehead atoms. The van der Waals surface area contributed by atoms with Crippen molar-refractivity contribution in [3.8, 4) is 11.4 Å². The van der Waals surface area contributed by atoms with Gasteiger partial charge in [0.2, 0.25) is 0 Å². The number of halogens is 1. The van der Waals surface area contributed by atoms with E-state index in [9.17, 15) is 4.79 Å². The number of carbonyl (C=O) groups is 1. The van der Waals surface area contributed by atoms with Gasteiger partial charge in [0.15, 0.2) is 5.82 Å². The van der Waals surface area contributed by atoms with E-state index in [1.165, 1.54) is 0 Å². The molecule has 0 aliphatic rings. The zero-order chi connectivity index (χ0) is 16.4. The summed E-state index contributed by atoms with van der Waals surface area (Å²) in [4.78, 5) is 20.1. The van der Waals surface area contributed by atoms with E-state index in [-0.39, 0.29) is 0 Å². The van der Waals surface area contributed by atoms with E-state index in [1.54, 1.807) is 13.0 Å². The number of fused-ring (bicyclic) bond motifs is 1. The second-order valence-corrected chi connectivity index (χ2v) is 5.50. The summed E-state index contributed by atoms with van der Waals surface area (Å²) in [7, 11) is 0. The first-order chi connectivity index (χ1) is 11.1. The van der Waals surface area contributed by atoms with Crippen molar-refractivity contribution in [3.05, 3.63) is 53.6 Å². The Morgan fingerprint density at radius 2 is 1.83 bits per heavy atom. The minimum atomic E-state index is -0.952. The van der Waals surface area contributed by atoms with Crippen LogP contribution in [0.4, 0.5) is 5.82 Å². The number of aliphatic carboxylic acids is 1. The first kappa shape index (κ1) is 15.2. The maximum atomic E-state index is 11.1. The smallest absolute Gasteiger partial charge is 0.325 e. The van der Waals surface area contributed by atoms with Crippen molar-refractivity contribution in [2.75, 3.05) is 5.32 Å². The summed E-state index contributed by atoms with van der Waals surface area (Å²) in [6, 6.07) is 13.9. The Morgan fingerprint density at radius 3 is 2.57 bits per heavy atom. The van der Waals surface area contributed by atoms with Crippen LogP contribution in [0.5, 0.6) is 0 Å². The molecule has 0 aliphatic heterocycles. The molecule has 0 aliphatic carbocycles. The molecule has 0 spiro atoms. The number of rotatable bonds is 4. The van der Waals surface area contributed by atoms with Crippen LogP contribution in [0.3, 0.4) is 0 Å². The number of nitrogens with zero attached hydrogens (tertiary/aromatic N) is 2. The van der Waals surface area contributed by atoms with Gasteiger partial charge in [0.05, 0.1) is 10.5 Å². The normalized spacial score (nSPS) is 12.1. The van der Waals surface area contributed by atoms with Crippen molar-refractivity contribution < 1.29 is 9.90 Å². The minimum absolute atomic E-state index is 0.453. The van der Waals surface area contributed by atoms with Gasteiger partial charge in [-0.25, -0.2) is 9.97 Å². The van der Waals surface area contributed by atoms with Crippen molar-refractivity contribution in [3.63, 3.8) is 0 Å². The summed E-state index contributed by atoms with van der Waals surface area (Å²) < 4.78 is 0. The topological polar surface area (TPSA) is 75.1 Å². The highest BCUT2D eigenvalue weighted by Gasteiger charge is 2.16. The van der Waals surface area contributed by atoms with E-state index < -0.39 is 12.0 Å². The summed E-state index contributed by atoms with van der Waals surface area (Å²) in [6.07, 6.45) is 0. The Labute approximate surface area is 138 Å². The molecule has 3 rings (SSSR count). The lowest BCUT2D eigenvalue weighted by atomic mass is 10.1. The molecule has 6 heteroatoms. The predicted molar refractivity (Wildman–Crippen MR) is 90.7 cm³/mol. The fourth-order valence-corrected chi connectivity index (χ4v) is 2.44. The summed E-state index contributed by atoms with van der Waals surface area (Å²) >= 11 is 6.22. The largest absolute Gasteiger partial charge is 0.480 e. The van der Waals surface area contributed by atoms with E-state index in [2.05, 4.69) is 15.3 Å². The number of hydrogen-bond acceptors (Lipinski definition) is 4. The third-order valence-corrected chi connectivity index (χ3v) is 3.77. The van der Waals surface area contributed by atoms with Gasteiger partial charge in [-0.05, 0) is 31.2 Å². The van der Waals surface area contributed by atoms with Crippen molar-refractivity contribution in [1.29, 1.82) is 0 Å². The molecule has 0 amide bonds. The lowest BCUT2D eigenvalue weighted by Crippen LogP contribution is -2.26. The summed E-state index contributed by atoms with van der Waals surface area (Å²) in [6.45, 7) is 1.56. The van der Waals surface area contributed by atoms with E-state index >= 15 is 0 Å². The predicted octanol–water partition coefficient (Wildman–Crippen LogP) is 3.84. The maximum absolute atomic E-state index is 11.1. The molecule has 1 unspecified atom stereocenters. The van der Waals surface area contributed by atoms with Crippen LogP contribution in [0.15, 0.2) is 48.5 Å². The molecule has 1 aromatic heterocycles. The van der Waals surface area contributed by atoms with Gasteiger partial charge in [-0.2, -0.15) is 0 Å². The summed E-state index contributed by atoms with van der Waals surface area (Å²) in [5.41, 5.74) is 1.42. The zero-order valence-electron chi connectivity index (χ0n) is 12.3. The minimum Gasteiger partial charge on any atom is -0.480 e. The number of para-hydroxylation sites is 1. The first-order valence-electron chi connectivity index (χ1n) is 7.07. The van der Waals surface area contributed by atoms with Crippen molar-refractivity contribution >= 4 is 34.3 Å².